The summed E-state index contributed by atoms with van der Waals surface area (Å²) in [6, 6.07) is 20.9. The van der Waals surface area contributed by atoms with E-state index in [1.807, 2.05) is 51.4 Å². The normalized spacial score (nSPS) is 12.4. The summed E-state index contributed by atoms with van der Waals surface area (Å²) in [4.78, 5) is 0.132. The highest BCUT2D eigenvalue weighted by molar-refractivity contribution is 7.92. The number of rotatable bonds is 12. The number of hydrogen-bond acceptors (Lipinski definition) is 6. The zero-order valence-electron chi connectivity index (χ0n) is 21.6. The molecule has 0 bridgehead atoms. The molecule has 0 fully saturated rings. The molecule has 0 saturated heterocycles. The van der Waals surface area contributed by atoms with Crippen molar-refractivity contribution in [2.24, 2.45) is 0 Å². The van der Waals surface area contributed by atoms with E-state index >= 15 is 0 Å². The third-order valence-electron chi connectivity index (χ3n) is 5.98. The molecule has 1 atom stereocenters. The number of hydrogen-bond donors (Lipinski definition) is 2. The van der Waals surface area contributed by atoms with Crippen molar-refractivity contribution < 1.29 is 27.5 Å². The lowest BCUT2D eigenvalue weighted by Crippen LogP contribution is -2.48. The molecule has 3 aromatic rings. The van der Waals surface area contributed by atoms with Crippen molar-refractivity contribution in [1.82, 2.24) is 0 Å². The van der Waals surface area contributed by atoms with Gasteiger partial charge >= 0.3 is 0 Å². The van der Waals surface area contributed by atoms with Crippen molar-refractivity contribution in [2.45, 2.75) is 24.3 Å². The van der Waals surface area contributed by atoms with Crippen LogP contribution in [0.5, 0.6) is 11.5 Å². The maximum atomic E-state index is 12.7. The second-order valence-electron chi connectivity index (χ2n) is 9.65. The van der Waals surface area contributed by atoms with Crippen LogP contribution in [0.4, 0.5) is 5.69 Å². The Hall–Kier alpha value is -3.58. The van der Waals surface area contributed by atoms with Crippen LogP contribution in [0.2, 0.25) is 0 Å². The van der Waals surface area contributed by atoms with Crippen LogP contribution in [0.3, 0.4) is 0 Å². The van der Waals surface area contributed by atoms with Crippen molar-refractivity contribution >= 4 is 15.7 Å². The number of ether oxygens (including phenoxy) is 2. The second-order valence-corrected chi connectivity index (χ2v) is 11.3. The third kappa shape index (κ3) is 8.22. The van der Waals surface area contributed by atoms with Crippen molar-refractivity contribution in [3.05, 3.63) is 83.4 Å². The number of nitrogens with zero attached hydrogens (tertiary/aromatic N) is 2. The van der Waals surface area contributed by atoms with Crippen molar-refractivity contribution in [1.29, 1.82) is 5.26 Å². The highest BCUT2D eigenvalue weighted by Gasteiger charge is 2.22. The Kier molecular flexibility index (Phi) is 9.16. The molecule has 3 aromatic carbocycles. The molecular weight excluding hydrogens is 490 g/mol. The summed E-state index contributed by atoms with van der Waals surface area (Å²) in [7, 11) is 1.94. The van der Waals surface area contributed by atoms with Gasteiger partial charge in [0.1, 0.15) is 36.8 Å². The van der Waals surface area contributed by atoms with E-state index in [0.717, 1.165) is 24.3 Å². The first-order valence-electron chi connectivity index (χ1n) is 11.9. The number of benzene rings is 3. The average molecular weight is 525 g/mol. The number of aliphatic hydroxyl groups excluding tert-OH is 1. The van der Waals surface area contributed by atoms with Crippen molar-refractivity contribution in [3.8, 4) is 17.6 Å². The molecule has 0 aliphatic rings. The first-order valence-corrected chi connectivity index (χ1v) is 13.4. The van der Waals surface area contributed by atoms with E-state index in [4.69, 9.17) is 9.47 Å². The summed E-state index contributed by atoms with van der Waals surface area (Å²) in [5.41, 5.74) is 2.56. The number of nitriles is 1. The molecular formula is C28H34N3O5S+. The fourth-order valence-corrected chi connectivity index (χ4v) is 4.91. The molecule has 0 radical (unpaired) electrons. The zero-order valence-corrected chi connectivity index (χ0v) is 22.5. The highest BCUT2D eigenvalue weighted by atomic mass is 32.2. The predicted molar refractivity (Wildman–Crippen MR) is 143 cm³/mol. The lowest BCUT2D eigenvalue weighted by molar-refractivity contribution is -0.893. The lowest BCUT2D eigenvalue weighted by atomic mass is 10.1. The van der Waals surface area contributed by atoms with Crippen LogP contribution >= 0.6 is 0 Å². The van der Waals surface area contributed by atoms with Gasteiger partial charge in [0.15, 0.2) is 0 Å². The first kappa shape index (κ1) is 28.0. The van der Waals surface area contributed by atoms with Gasteiger partial charge in [-0.25, -0.2) is 8.42 Å². The van der Waals surface area contributed by atoms with Crippen molar-refractivity contribution in [2.75, 3.05) is 45.6 Å². The molecule has 8 nitrogen and oxygen atoms in total. The van der Waals surface area contributed by atoms with Gasteiger partial charge in [-0.2, -0.15) is 5.26 Å². The molecule has 0 aliphatic heterocycles. The Morgan fingerprint density at radius 2 is 1.73 bits per heavy atom. The van der Waals surface area contributed by atoms with Crippen molar-refractivity contribution in [3.63, 3.8) is 0 Å². The van der Waals surface area contributed by atoms with E-state index in [9.17, 15) is 18.8 Å². The quantitative estimate of drug-likeness (QED) is 0.350. The van der Waals surface area contributed by atoms with Gasteiger partial charge in [0.05, 0.1) is 43.9 Å². The fourth-order valence-electron chi connectivity index (χ4n) is 3.86. The van der Waals surface area contributed by atoms with Gasteiger partial charge < -0.3 is 19.1 Å². The molecule has 2 N–H and O–H groups in total. The van der Waals surface area contributed by atoms with Gasteiger partial charge in [-0.3, -0.25) is 4.72 Å². The van der Waals surface area contributed by atoms with Gasteiger partial charge in [0.2, 0.25) is 0 Å². The van der Waals surface area contributed by atoms with Crippen LogP contribution in [0.25, 0.3) is 0 Å². The predicted octanol–water partition coefficient (Wildman–Crippen LogP) is 3.73. The number of sulfonamides is 1. The first-order chi connectivity index (χ1) is 17.5. The summed E-state index contributed by atoms with van der Waals surface area (Å²) in [6.45, 7) is 3.17. The van der Waals surface area contributed by atoms with Crippen LogP contribution in [0.1, 0.15) is 16.7 Å². The molecule has 196 valence electrons. The zero-order chi connectivity index (χ0) is 27.1. The molecule has 3 rings (SSSR count). The minimum absolute atomic E-state index is 0.00728. The molecule has 37 heavy (non-hydrogen) atoms. The molecule has 0 amide bonds. The van der Waals surface area contributed by atoms with Gasteiger partial charge in [0.25, 0.3) is 10.0 Å². The smallest absolute Gasteiger partial charge is 0.261 e. The van der Waals surface area contributed by atoms with Gasteiger partial charge in [0, 0.05) is 6.42 Å². The Labute approximate surface area is 219 Å². The minimum atomic E-state index is -3.79. The fraction of sp³-hybridized carbons (Fsp3) is 0.321. The standard InChI is InChI=1S/C28H34N3O5S/c1-21-5-12-27(13-6-21)37(33,34)30-24-9-14-28(23(17-24)18-29)36-20-25(32)19-31(2,3)16-15-22-7-10-26(35-4)11-8-22/h5-14,17,25,30,32H,15-16,19-20H2,1-4H3/q+1. The van der Waals surface area contributed by atoms with E-state index in [1.54, 1.807) is 19.2 Å². The SMILES string of the molecule is COc1ccc(CC[N+](C)(C)CC(O)COc2ccc(NS(=O)(=O)c3ccc(C)cc3)cc2C#N)cc1. The van der Waals surface area contributed by atoms with Crippen LogP contribution in [-0.2, 0) is 16.4 Å². The summed E-state index contributed by atoms with van der Waals surface area (Å²) < 4.78 is 39.3. The Balaban J connectivity index is 1.56. The Morgan fingerprint density at radius 3 is 2.35 bits per heavy atom. The summed E-state index contributed by atoms with van der Waals surface area (Å²) >= 11 is 0. The van der Waals surface area contributed by atoms with E-state index in [-0.39, 0.29) is 28.5 Å². The number of aliphatic hydroxyl groups is 1. The molecule has 0 spiro atoms. The number of nitrogens with one attached hydrogen (secondary N) is 1. The minimum Gasteiger partial charge on any atom is -0.497 e. The summed E-state index contributed by atoms with van der Waals surface area (Å²) in [5.74, 6) is 1.10. The average Bonchev–Trinajstić information content (AvgIpc) is 2.86. The van der Waals surface area contributed by atoms with E-state index in [2.05, 4.69) is 4.72 Å². The third-order valence-corrected chi connectivity index (χ3v) is 7.38. The molecule has 1 unspecified atom stereocenters. The number of anilines is 1. The lowest BCUT2D eigenvalue weighted by Gasteiger charge is -2.32. The van der Waals surface area contributed by atoms with E-state index < -0.39 is 16.1 Å². The number of methoxy groups -OCH3 is 1. The highest BCUT2D eigenvalue weighted by Crippen LogP contribution is 2.25. The summed E-state index contributed by atoms with van der Waals surface area (Å²) in [6.07, 6.45) is 0.0976. The molecule has 0 saturated carbocycles. The topological polar surface area (TPSA) is 109 Å². The monoisotopic (exact) mass is 524 g/mol. The van der Waals surface area contributed by atoms with E-state index in [1.165, 1.54) is 35.9 Å². The maximum Gasteiger partial charge on any atom is 0.261 e. The molecule has 0 aromatic heterocycles. The number of quaternary nitrogens is 1. The molecule has 0 heterocycles. The molecule has 0 aliphatic carbocycles. The number of likely N-dealkylation sites (N-methyl/N-ethyl adjacent to an activating group) is 1. The van der Waals surface area contributed by atoms with Crippen LogP contribution in [-0.4, -0.2) is 65.0 Å². The van der Waals surface area contributed by atoms with E-state index in [0.29, 0.717) is 11.0 Å². The molecule has 9 heteroatoms. The van der Waals surface area contributed by atoms with Crippen LogP contribution < -0.4 is 14.2 Å². The number of aryl methyl sites for hydroxylation is 1. The van der Waals surface area contributed by atoms with Gasteiger partial charge in [-0.1, -0.05) is 29.8 Å². The Bertz CT molecular complexity index is 1330. The van der Waals surface area contributed by atoms with Crippen LogP contribution in [0.15, 0.2) is 71.6 Å². The van der Waals surface area contributed by atoms with Crippen LogP contribution in [0, 0.1) is 18.3 Å². The largest absolute Gasteiger partial charge is 0.497 e. The maximum absolute atomic E-state index is 12.7. The Morgan fingerprint density at radius 1 is 1.05 bits per heavy atom. The summed E-state index contributed by atoms with van der Waals surface area (Å²) in [5, 5.41) is 20.2. The second kappa shape index (κ2) is 12.1. The van der Waals surface area contributed by atoms with Gasteiger partial charge in [-0.05, 0) is 55.0 Å². The van der Waals surface area contributed by atoms with Gasteiger partial charge in [-0.15, -0.1) is 0 Å².